The van der Waals surface area contributed by atoms with Crippen LogP contribution in [-0.2, 0) is 0 Å². The number of aromatic amines is 2. The summed E-state index contributed by atoms with van der Waals surface area (Å²) in [4.78, 5) is 18.7. The van der Waals surface area contributed by atoms with Gasteiger partial charge in [0.2, 0.25) is 0 Å². The largest absolute Gasteiger partial charge is 0.507 e. The number of aromatic nitrogens is 4. The zero-order valence-corrected chi connectivity index (χ0v) is 36.2. The molecule has 11 aromatic rings. The fourth-order valence-electron chi connectivity index (χ4n) is 10.3. The number of nitrogens with one attached hydrogen (secondary N) is 2. The molecule has 0 saturated carbocycles. The molecule has 0 unspecified atom stereocenters. The number of benzene rings is 8. The summed E-state index contributed by atoms with van der Waals surface area (Å²) in [5.41, 5.74) is 12.8. The van der Waals surface area contributed by atoms with Gasteiger partial charge in [0.1, 0.15) is 23.0 Å². The molecule has 2 aliphatic heterocycles. The summed E-state index contributed by atoms with van der Waals surface area (Å²) in [6.07, 6.45) is 8.17. The van der Waals surface area contributed by atoms with Gasteiger partial charge in [-0.2, -0.15) is 0 Å². The lowest BCUT2D eigenvalue weighted by Crippen LogP contribution is -1.91. The molecule has 8 heteroatoms. The van der Waals surface area contributed by atoms with Crippen molar-refractivity contribution < 1.29 is 20.4 Å². The first-order valence-electron chi connectivity index (χ1n) is 22.4. The fraction of sp³-hybridized carbons (Fsp3) is 0. The standard InChI is InChI=1S/C60H38N4O4/c65-53-29-17-41(33-9-1-5-13-37(33)53)57-45-21-23-47(61-45)58(42-18-30-54(66)38-14-6-2-10-34(38)42)49-25-27-51(63-49)60(44-20-32-56(68)40-16-8-4-12-36(40)44)52-28-26-50(64-52)59(48-24-22-46(57)62-48)43-19-31-55(67)39-15-7-3-11-35(39)43/h1-32,61,64-68H. The lowest BCUT2D eigenvalue weighted by molar-refractivity contribution is 0.481. The van der Waals surface area contributed by atoms with Crippen LogP contribution in [0.15, 0.2) is 170 Å². The zero-order valence-electron chi connectivity index (χ0n) is 36.2. The number of rotatable bonds is 4. The Morgan fingerprint density at radius 3 is 0.706 bits per heavy atom. The van der Waals surface area contributed by atoms with Crippen molar-refractivity contribution in [2.75, 3.05) is 0 Å². The summed E-state index contributed by atoms with van der Waals surface area (Å²) in [5.74, 6) is 0.734. The molecule has 8 aromatic carbocycles. The molecule has 68 heavy (non-hydrogen) atoms. The van der Waals surface area contributed by atoms with Gasteiger partial charge in [0, 0.05) is 65.9 Å². The molecular weight excluding hydrogens is 841 g/mol. The van der Waals surface area contributed by atoms with Gasteiger partial charge in [0.05, 0.1) is 22.8 Å². The molecule has 8 bridgehead atoms. The molecule has 6 N–H and O–H groups in total. The highest BCUT2D eigenvalue weighted by Gasteiger charge is 2.23. The second kappa shape index (κ2) is 15.1. The molecule has 8 nitrogen and oxygen atoms in total. The van der Waals surface area contributed by atoms with Gasteiger partial charge in [-0.3, -0.25) is 0 Å². The Hall–Kier alpha value is -9.40. The second-order valence-electron chi connectivity index (χ2n) is 17.2. The monoisotopic (exact) mass is 878 g/mol. The lowest BCUT2D eigenvalue weighted by atomic mass is 9.96. The van der Waals surface area contributed by atoms with Gasteiger partial charge in [-0.15, -0.1) is 0 Å². The number of hydrogen-bond acceptors (Lipinski definition) is 6. The molecule has 5 heterocycles. The van der Waals surface area contributed by atoms with E-state index in [2.05, 4.69) is 34.2 Å². The Labute approximate surface area is 388 Å². The predicted molar refractivity (Wildman–Crippen MR) is 277 cm³/mol. The Balaban J connectivity index is 1.25. The minimum absolute atomic E-state index is 0.184. The van der Waals surface area contributed by atoms with Crippen molar-refractivity contribution in [1.82, 2.24) is 19.9 Å². The summed E-state index contributed by atoms with van der Waals surface area (Å²) >= 11 is 0. The van der Waals surface area contributed by atoms with E-state index in [4.69, 9.17) is 9.97 Å². The second-order valence-corrected chi connectivity index (χ2v) is 17.2. The molecule has 0 spiro atoms. The third-order valence-electron chi connectivity index (χ3n) is 13.4. The molecule has 0 radical (unpaired) electrons. The van der Waals surface area contributed by atoms with Crippen LogP contribution in [0, 0.1) is 0 Å². The van der Waals surface area contributed by atoms with Gasteiger partial charge >= 0.3 is 0 Å². The van der Waals surface area contributed by atoms with E-state index in [1.165, 1.54) is 0 Å². The van der Waals surface area contributed by atoms with Crippen LogP contribution in [0.4, 0.5) is 0 Å². The number of phenols is 4. The molecule has 3 aromatic heterocycles. The Morgan fingerprint density at radius 2 is 0.471 bits per heavy atom. The molecule has 2 aliphatic rings. The summed E-state index contributed by atoms with van der Waals surface area (Å²) in [7, 11) is 0. The number of H-pyrrole nitrogens is 2. The first kappa shape index (κ1) is 39.0. The Bertz CT molecular complexity index is 3680. The van der Waals surface area contributed by atoms with Crippen LogP contribution in [0.1, 0.15) is 22.8 Å². The van der Waals surface area contributed by atoms with Crippen LogP contribution in [0.2, 0.25) is 0 Å². The van der Waals surface area contributed by atoms with E-state index >= 15 is 0 Å². The van der Waals surface area contributed by atoms with Crippen LogP contribution in [0.25, 0.3) is 134 Å². The summed E-state index contributed by atoms with van der Waals surface area (Å²) < 4.78 is 0. The van der Waals surface area contributed by atoms with Crippen LogP contribution in [-0.4, -0.2) is 40.4 Å². The molecule has 0 fully saturated rings. The first-order chi connectivity index (χ1) is 33.4. The third kappa shape index (κ3) is 6.01. The molecule has 0 saturated heterocycles. The number of nitrogens with zero attached hydrogens (tertiary/aromatic N) is 2. The van der Waals surface area contributed by atoms with E-state index in [9.17, 15) is 20.4 Å². The highest BCUT2D eigenvalue weighted by Crippen LogP contribution is 2.45. The van der Waals surface area contributed by atoms with Crippen molar-refractivity contribution in [3.8, 4) is 67.5 Å². The SMILES string of the molecule is Oc1ccc(-c2c3nc(c(-c4ccc(O)c5ccccc45)c4ccc([nH]4)c(-c4ccc(O)c5ccccc45)c4nc(c(-c5ccc(O)c6ccccc56)c5ccc2[nH]5)C=C4)C=C3)c2ccccc12. The lowest BCUT2D eigenvalue weighted by Gasteiger charge is -2.12. The summed E-state index contributed by atoms with van der Waals surface area (Å²) in [6.45, 7) is 0. The van der Waals surface area contributed by atoms with Gasteiger partial charge in [0.15, 0.2) is 0 Å². The smallest absolute Gasteiger partial charge is 0.123 e. The predicted octanol–water partition coefficient (Wildman–Crippen LogP) is 14.8. The number of hydrogen-bond donors (Lipinski definition) is 6. The molecule has 322 valence electrons. The van der Waals surface area contributed by atoms with Crippen molar-refractivity contribution in [3.63, 3.8) is 0 Å². The fourth-order valence-corrected chi connectivity index (χ4v) is 10.3. The van der Waals surface area contributed by atoms with Gasteiger partial charge in [-0.25, -0.2) is 9.97 Å². The van der Waals surface area contributed by atoms with Crippen molar-refractivity contribution >= 4 is 89.5 Å². The zero-order chi connectivity index (χ0) is 45.6. The van der Waals surface area contributed by atoms with E-state index in [1.54, 1.807) is 24.3 Å². The average Bonchev–Trinajstić information content (AvgIpc) is 4.23. The van der Waals surface area contributed by atoms with E-state index < -0.39 is 0 Å². The summed E-state index contributed by atoms with van der Waals surface area (Å²) in [5, 5.41) is 50.8. The van der Waals surface area contributed by atoms with Crippen molar-refractivity contribution in [2.45, 2.75) is 0 Å². The van der Waals surface area contributed by atoms with Crippen molar-refractivity contribution in [3.05, 3.63) is 193 Å². The Kier molecular flexibility index (Phi) is 8.65. The van der Waals surface area contributed by atoms with E-state index in [1.807, 2.05) is 146 Å². The van der Waals surface area contributed by atoms with Gasteiger partial charge < -0.3 is 30.4 Å². The van der Waals surface area contributed by atoms with Crippen molar-refractivity contribution in [2.24, 2.45) is 0 Å². The molecule has 13 rings (SSSR count). The molecule has 0 atom stereocenters. The number of aromatic hydroxyl groups is 4. The topological polar surface area (TPSA) is 138 Å². The van der Waals surface area contributed by atoms with Crippen LogP contribution in [0.5, 0.6) is 23.0 Å². The first-order valence-corrected chi connectivity index (χ1v) is 22.4. The van der Waals surface area contributed by atoms with E-state index in [-0.39, 0.29) is 23.0 Å². The van der Waals surface area contributed by atoms with E-state index in [0.29, 0.717) is 22.8 Å². The molecular formula is C60H38N4O4. The van der Waals surface area contributed by atoms with Crippen LogP contribution >= 0.6 is 0 Å². The van der Waals surface area contributed by atoms with Crippen molar-refractivity contribution in [1.29, 1.82) is 0 Å². The van der Waals surface area contributed by atoms with Gasteiger partial charge in [0.25, 0.3) is 0 Å². The molecule has 0 aliphatic carbocycles. The van der Waals surface area contributed by atoms with E-state index in [0.717, 1.165) is 110 Å². The quantitative estimate of drug-likeness (QED) is 0.104. The van der Waals surface area contributed by atoms with Gasteiger partial charge in [-0.1, -0.05) is 97.1 Å². The maximum Gasteiger partial charge on any atom is 0.123 e. The summed E-state index contributed by atoms with van der Waals surface area (Å²) in [6, 6.07) is 54.4. The molecule has 0 amide bonds. The maximum absolute atomic E-state index is 11.1. The number of fused-ring (bicyclic) bond motifs is 12. The number of phenolic OH excluding ortho intramolecular Hbond substituents is 4. The normalized spacial score (nSPS) is 12.2. The minimum Gasteiger partial charge on any atom is -0.507 e. The minimum atomic E-state index is 0.184. The highest BCUT2D eigenvalue weighted by atomic mass is 16.3. The third-order valence-corrected chi connectivity index (χ3v) is 13.4. The van der Waals surface area contributed by atoms with Crippen LogP contribution < -0.4 is 0 Å². The van der Waals surface area contributed by atoms with Gasteiger partial charge in [-0.05, 0) is 141 Å². The maximum atomic E-state index is 11.1. The average molecular weight is 879 g/mol. The van der Waals surface area contributed by atoms with Crippen LogP contribution in [0.3, 0.4) is 0 Å². The highest BCUT2D eigenvalue weighted by molar-refractivity contribution is 6.11. The Morgan fingerprint density at radius 1 is 0.250 bits per heavy atom.